The topological polar surface area (TPSA) is 99.2 Å². The summed E-state index contributed by atoms with van der Waals surface area (Å²) >= 11 is 1.39. The Hall–Kier alpha value is -4.31. The summed E-state index contributed by atoms with van der Waals surface area (Å²) in [7, 11) is 7.80. The van der Waals surface area contributed by atoms with Gasteiger partial charge in [0.25, 0.3) is 5.91 Å². The molecule has 2 atom stereocenters. The molecule has 0 spiro atoms. The minimum atomic E-state index is -0.794. The quantitative estimate of drug-likeness (QED) is 0.362. The molecule has 2 amide bonds. The summed E-state index contributed by atoms with van der Waals surface area (Å²) < 4.78 is 22.8. The standard InChI is InChI=1S/C28H27N3O6S/c1-31-25(15-10-11-19(34-2)20(12-15)35-3)24(16-13-21(36-4)22(37-5)14-17(16)27(31)33)26(32)30-28-29-18-8-6-7-9-23(18)38-28/h6-14,24-25H,1-5H3,(H,29,30,32)/t24-,25-/m0/s1. The monoisotopic (exact) mass is 533 g/mol. The number of ether oxygens (including phenoxy) is 4. The van der Waals surface area contributed by atoms with Crippen molar-refractivity contribution in [3.8, 4) is 23.0 Å². The summed E-state index contributed by atoms with van der Waals surface area (Å²) in [5, 5.41) is 3.47. The number of para-hydroxylation sites is 1. The van der Waals surface area contributed by atoms with Gasteiger partial charge in [0.2, 0.25) is 5.91 Å². The van der Waals surface area contributed by atoms with Crippen molar-refractivity contribution in [1.82, 2.24) is 9.88 Å². The molecule has 0 saturated carbocycles. The molecule has 0 bridgehead atoms. The molecule has 0 unspecified atom stereocenters. The fourth-order valence-corrected chi connectivity index (χ4v) is 5.76. The number of carbonyl (C=O) groups is 2. The second-order valence-electron chi connectivity index (χ2n) is 8.72. The van der Waals surface area contributed by atoms with Gasteiger partial charge in [-0.2, -0.15) is 0 Å². The maximum atomic E-state index is 14.1. The maximum Gasteiger partial charge on any atom is 0.254 e. The number of rotatable bonds is 7. The fourth-order valence-electron chi connectivity index (χ4n) is 4.89. The van der Waals surface area contributed by atoms with Crippen LogP contribution in [0.3, 0.4) is 0 Å². The molecule has 196 valence electrons. The number of aromatic nitrogens is 1. The number of fused-ring (bicyclic) bond motifs is 2. The van der Waals surface area contributed by atoms with Crippen molar-refractivity contribution >= 4 is 38.5 Å². The zero-order valence-electron chi connectivity index (χ0n) is 21.6. The molecule has 10 heteroatoms. The van der Waals surface area contributed by atoms with Gasteiger partial charge < -0.3 is 29.2 Å². The fraction of sp³-hybridized carbons (Fsp3) is 0.250. The number of benzene rings is 3. The molecule has 5 rings (SSSR count). The molecule has 4 aromatic rings. The molecule has 0 fully saturated rings. The van der Waals surface area contributed by atoms with Gasteiger partial charge in [-0.25, -0.2) is 4.98 Å². The molecule has 0 aliphatic carbocycles. The molecular formula is C28H27N3O6S. The van der Waals surface area contributed by atoms with E-state index in [-0.39, 0.29) is 11.8 Å². The maximum absolute atomic E-state index is 14.1. The molecule has 1 N–H and O–H groups in total. The first-order valence-electron chi connectivity index (χ1n) is 11.8. The number of hydrogen-bond acceptors (Lipinski definition) is 8. The summed E-state index contributed by atoms with van der Waals surface area (Å²) in [5.41, 5.74) is 2.41. The summed E-state index contributed by atoms with van der Waals surface area (Å²) in [6.07, 6.45) is 0. The Bertz CT molecular complexity index is 1500. The average Bonchev–Trinajstić information content (AvgIpc) is 3.35. The van der Waals surface area contributed by atoms with Crippen LogP contribution in [0.4, 0.5) is 5.13 Å². The van der Waals surface area contributed by atoms with Gasteiger partial charge in [-0.05, 0) is 47.5 Å². The van der Waals surface area contributed by atoms with Crippen LogP contribution in [0.2, 0.25) is 0 Å². The van der Waals surface area contributed by atoms with Gasteiger partial charge in [-0.3, -0.25) is 9.59 Å². The SMILES string of the molecule is COc1ccc([C@H]2[C@@H](C(=O)Nc3nc4ccccc4s3)c3cc(OC)c(OC)cc3C(=O)N2C)cc1OC. The van der Waals surface area contributed by atoms with Gasteiger partial charge in [0.1, 0.15) is 0 Å². The Morgan fingerprint density at radius 3 is 2.24 bits per heavy atom. The summed E-state index contributed by atoms with van der Waals surface area (Å²) in [5.74, 6) is 0.520. The van der Waals surface area contributed by atoms with Crippen molar-refractivity contribution in [3.05, 3.63) is 71.3 Å². The van der Waals surface area contributed by atoms with Crippen molar-refractivity contribution in [2.75, 3.05) is 40.8 Å². The molecule has 0 radical (unpaired) electrons. The van der Waals surface area contributed by atoms with Crippen LogP contribution >= 0.6 is 11.3 Å². The highest BCUT2D eigenvalue weighted by atomic mass is 32.1. The second kappa shape index (κ2) is 10.2. The average molecular weight is 534 g/mol. The van der Waals surface area contributed by atoms with E-state index < -0.39 is 12.0 Å². The van der Waals surface area contributed by atoms with Crippen LogP contribution in [0, 0.1) is 0 Å². The van der Waals surface area contributed by atoms with Crippen LogP contribution in [-0.2, 0) is 4.79 Å². The van der Waals surface area contributed by atoms with Crippen LogP contribution in [0.25, 0.3) is 10.2 Å². The van der Waals surface area contributed by atoms with E-state index in [1.807, 2.05) is 30.3 Å². The second-order valence-corrected chi connectivity index (χ2v) is 9.75. The van der Waals surface area contributed by atoms with E-state index in [0.717, 1.165) is 10.2 Å². The highest BCUT2D eigenvalue weighted by molar-refractivity contribution is 7.22. The largest absolute Gasteiger partial charge is 0.493 e. The van der Waals surface area contributed by atoms with Gasteiger partial charge in [0.15, 0.2) is 28.1 Å². The van der Waals surface area contributed by atoms with E-state index in [9.17, 15) is 9.59 Å². The van der Waals surface area contributed by atoms with Crippen molar-refractivity contribution in [3.63, 3.8) is 0 Å². The number of nitrogens with one attached hydrogen (secondary N) is 1. The molecule has 2 heterocycles. The van der Waals surface area contributed by atoms with Gasteiger partial charge >= 0.3 is 0 Å². The Labute approximate surface area is 223 Å². The van der Waals surface area contributed by atoms with E-state index >= 15 is 0 Å². The number of hydrogen-bond donors (Lipinski definition) is 1. The molecule has 9 nitrogen and oxygen atoms in total. The van der Waals surface area contributed by atoms with E-state index in [1.54, 1.807) is 50.4 Å². The smallest absolute Gasteiger partial charge is 0.254 e. The molecule has 0 saturated heterocycles. The lowest BCUT2D eigenvalue weighted by Crippen LogP contribution is -2.44. The first-order chi connectivity index (χ1) is 18.4. The minimum absolute atomic E-state index is 0.246. The number of nitrogens with zero attached hydrogens (tertiary/aromatic N) is 2. The van der Waals surface area contributed by atoms with Crippen LogP contribution in [0.5, 0.6) is 23.0 Å². The van der Waals surface area contributed by atoms with Crippen molar-refractivity contribution < 1.29 is 28.5 Å². The lowest BCUT2D eigenvalue weighted by Gasteiger charge is -2.40. The predicted molar refractivity (Wildman–Crippen MR) is 145 cm³/mol. The molecular weight excluding hydrogens is 506 g/mol. The van der Waals surface area contributed by atoms with Crippen LogP contribution in [-0.4, -0.2) is 57.2 Å². The predicted octanol–water partition coefficient (Wildman–Crippen LogP) is 4.88. The highest BCUT2D eigenvalue weighted by Gasteiger charge is 2.44. The van der Waals surface area contributed by atoms with E-state index in [4.69, 9.17) is 18.9 Å². The molecule has 3 aromatic carbocycles. The number of methoxy groups -OCH3 is 4. The first kappa shape index (κ1) is 25.3. The third-order valence-corrected chi connectivity index (χ3v) is 7.68. The van der Waals surface area contributed by atoms with Crippen molar-refractivity contribution in [1.29, 1.82) is 0 Å². The molecule has 1 aliphatic rings. The van der Waals surface area contributed by atoms with Gasteiger partial charge in [-0.1, -0.05) is 29.5 Å². The zero-order chi connectivity index (χ0) is 27.0. The van der Waals surface area contributed by atoms with E-state index in [2.05, 4.69) is 10.3 Å². The summed E-state index contributed by atoms with van der Waals surface area (Å²) in [6, 6.07) is 15.7. The number of anilines is 1. The number of amides is 2. The summed E-state index contributed by atoms with van der Waals surface area (Å²) in [4.78, 5) is 33.8. The van der Waals surface area contributed by atoms with Gasteiger partial charge in [0, 0.05) is 12.6 Å². The molecule has 38 heavy (non-hydrogen) atoms. The van der Waals surface area contributed by atoms with Crippen LogP contribution in [0.1, 0.15) is 33.4 Å². The number of thiazole rings is 1. The highest BCUT2D eigenvalue weighted by Crippen LogP contribution is 2.47. The van der Waals surface area contributed by atoms with E-state index in [1.165, 1.54) is 25.6 Å². The number of carbonyl (C=O) groups excluding carboxylic acids is 2. The molecule has 1 aliphatic heterocycles. The zero-order valence-corrected chi connectivity index (χ0v) is 22.4. The molecule has 1 aromatic heterocycles. The van der Waals surface area contributed by atoms with Crippen molar-refractivity contribution in [2.24, 2.45) is 0 Å². The lowest BCUT2D eigenvalue weighted by atomic mass is 9.79. The normalized spacial score (nSPS) is 16.7. The van der Waals surface area contributed by atoms with Gasteiger partial charge in [0.05, 0.1) is 50.6 Å². The minimum Gasteiger partial charge on any atom is -0.493 e. The lowest BCUT2D eigenvalue weighted by molar-refractivity contribution is -0.119. The number of likely N-dealkylation sites (N-methyl/N-ethyl adjacent to an activating group) is 1. The first-order valence-corrected chi connectivity index (χ1v) is 12.6. The Morgan fingerprint density at radius 2 is 1.55 bits per heavy atom. The third kappa shape index (κ3) is 4.26. The van der Waals surface area contributed by atoms with Gasteiger partial charge in [-0.15, -0.1) is 0 Å². The Morgan fingerprint density at radius 1 is 0.895 bits per heavy atom. The summed E-state index contributed by atoms with van der Waals surface area (Å²) in [6.45, 7) is 0. The van der Waals surface area contributed by atoms with Crippen LogP contribution in [0.15, 0.2) is 54.6 Å². The van der Waals surface area contributed by atoms with Crippen LogP contribution < -0.4 is 24.3 Å². The Balaban J connectivity index is 1.66. The van der Waals surface area contributed by atoms with E-state index in [0.29, 0.717) is 44.8 Å². The third-order valence-electron chi connectivity index (χ3n) is 6.73. The van der Waals surface area contributed by atoms with Crippen molar-refractivity contribution in [2.45, 2.75) is 12.0 Å². The Kier molecular flexibility index (Phi) is 6.81.